The lowest BCUT2D eigenvalue weighted by molar-refractivity contribution is -0.128. The molecule has 0 radical (unpaired) electrons. The quantitative estimate of drug-likeness (QED) is 0.865. The molecule has 0 spiro atoms. The number of nitrogen functional groups attached to an aromatic ring is 1. The summed E-state index contributed by atoms with van der Waals surface area (Å²) < 4.78 is 0.955. The zero-order valence-electron chi connectivity index (χ0n) is 10.4. The Morgan fingerprint density at radius 3 is 2.53 bits per heavy atom. The summed E-state index contributed by atoms with van der Waals surface area (Å²) in [5.74, 6) is 0.118. The van der Waals surface area contributed by atoms with Crippen molar-refractivity contribution in [2.24, 2.45) is 0 Å². The summed E-state index contributed by atoms with van der Waals surface area (Å²) in [7, 11) is 5.45. The number of amides is 1. The minimum atomic E-state index is 0.118. The molecule has 0 saturated carbocycles. The molecule has 17 heavy (non-hydrogen) atoms. The maximum atomic E-state index is 11.5. The molecule has 0 heterocycles. The second-order valence-corrected chi connectivity index (χ2v) is 5.08. The minimum absolute atomic E-state index is 0.118. The highest BCUT2D eigenvalue weighted by Gasteiger charge is 2.09. The Hall–Kier alpha value is -1.23. The first-order valence-electron chi connectivity index (χ1n) is 5.38. The van der Waals surface area contributed by atoms with Gasteiger partial charge in [-0.05, 0) is 18.2 Å². The van der Waals surface area contributed by atoms with Gasteiger partial charge in [0.05, 0.1) is 11.4 Å². The van der Waals surface area contributed by atoms with Crippen LogP contribution in [0.1, 0.15) is 6.42 Å². The first-order valence-corrected chi connectivity index (χ1v) is 6.17. The SMILES string of the molecule is CN(C)C(=O)CCN(C)c1ccc(Br)cc1N. The first kappa shape index (κ1) is 13.8. The predicted molar refractivity (Wildman–Crippen MR) is 75.1 cm³/mol. The molecule has 0 saturated heterocycles. The topological polar surface area (TPSA) is 49.6 Å². The predicted octanol–water partition coefficient (Wildman–Crippen LogP) is 1.95. The average Bonchev–Trinajstić information content (AvgIpc) is 2.25. The molecule has 0 aliphatic heterocycles. The summed E-state index contributed by atoms with van der Waals surface area (Å²) in [6.45, 7) is 0.656. The Kier molecular flexibility index (Phi) is 4.81. The smallest absolute Gasteiger partial charge is 0.223 e. The van der Waals surface area contributed by atoms with Crippen LogP contribution in [0, 0.1) is 0 Å². The van der Waals surface area contributed by atoms with Crippen molar-refractivity contribution in [1.29, 1.82) is 0 Å². The van der Waals surface area contributed by atoms with Gasteiger partial charge in [-0.25, -0.2) is 0 Å². The van der Waals surface area contributed by atoms with E-state index >= 15 is 0 Å². The summed E-state index contributed by atoms with van der Waals surface area (Å²) >= 11 is 3.37. The molecule has 0 aliphatic rings. The maximum Gasteiger partial charge on any atom is 0.223 e. The van der Waals surface area contributed by atoms with Gasteiger partial charge in [0.1, 0.15) is 0 Å². The molecule has 1 rings (SSSR count). The molecule has 0 unspecified atom stereocenters. The molecule has 94 valence electrons. The molecule has 1 amide bonds. The number of hydrogen-bond donors (Lipinski definition) is 1. The van der Waals surface area contributed by atoms with Gasteiger partial charge in [-0.15, -0.1) is 0 Å². The van der Waals surface area contributed by atoms with Gasteiger partial charge in [-0.2, -0.15) is 0 Å². The Balaban J connectivity index is 2.64. The minimum Gasteiger partial charge on any atom is -0.397 e. The molecule has 0 aromatic heterocycles. The van der Waals surface area contributed by atoms with E-state index in [1.54, 1.807) is 19.0 Å². The summed E-state index contributed by atoms with van der Waals surface area (Å²) in [5.41, 5.74) is 7.57. The lowest BCUT2D eigenvalue weighted by Crippen LogP contribution is -2.28. The van der Waals surface area contributed by atoms with Crippen LogP contribution in [0.5, 0.6) is 0 Å². The van der Waals surface area contributed by atoms with Crippen LogP contribution in [-0.4, -0.2) is 38.5 Å². The molecular weight excluding hydrogens is 282 g/mol. The van der Waals surface area contributed by atoms with Crippen LogP contribution < -0.4 is 10.6 Å². The van der Waals surface area contributed by atoms with E-state index in [4.69, 9.17) is 5.73 Å². The number of carbonyl (C=O) groups excluding carboxylic acids is 1. The molecule has 0 atom stereocenters. The van der Waals surface area contributed by atoms with Gasteiger partial charge in [0.2, 0.25) is 5.91 Å². The van der Waals surface area contributed by atoms with Gasteiger partial charge in [0.25, 0.3) is 0 Å². The first-order chi connectivity index (χ1) is 7.91. The van der Waals surface area contributed by atoms with Crippen LogP contribution in [0.15, 0.2) is 22.7 Å². The van der Waals surface area contributed by atoms with Crippen LogP contribution in [0.25, 0.3) is 0 Å². The summed E-state index contributed by atoms with van der Waals surface area (Å²) in [6, 6.07) is 5.75. The monoisotopic (exact) mass is 299 g/mol. The lowest BCUT2D eigenvalue weighted by atomic mass is 10.2. The summed E-state index contributed by atoms with van der Waals surface area (Å²) in [6.07, 6.45) is 0.485. The highest BCUT2D eigenvalue weighted by atomic mass is 79.9. The van der Waals surface area contributed by atoms with Gasteiger partial charge < -0.3 is 15.5 Å². The molecule has 2 N–H and O–H groups in total. The highest BCUT2D eigenvalue weighted by molar-refractivity contribution is 9.10. The molecule has 1 aromatic carbocycles. The van der Waals surface area contributed by atoms with E-state index in [1.165, 1.54) is 0 Å². The highest BCUT2D eigenvalue weighted by Crippen LogP contribution is 2.25. The average molecular weight is 300 g/mol. The second kappa shape index (κ2) is 5.91. The van der Waals surface area contributed by atoms with E-state index in [0.717, 1.165) is 10.2 Å². The zero-order valence-corrected chi connectivity index (χ0v) is 12.0. The van der Waals surface area contributed by atoms with Crippen LogP contribution in [0.2, 0.25) is 0 Å². The van der Waals surface area contributed by atoms with Crippen molar-refractivity contribution in [2.75, 3.05) is 38.3 Å². The number of carbonyl (C=O) groups is 1. The number of nitrogens with zero attached hydrogens (tertiary/aromatic N) is 2. The number of rotatable bonds is 4. The van der Waals surface area contributed by atoms with E-state index in [2.05, 4.69) is 15.9 Å². The molecule has 4 nitrogen and oxygen atoms in total. The van der Waals surface area contributed by atoms with Crippen molar-refractivity contribution >= 4 is 33.2 Å². The van der Waals surface area contributed by atoms with E-state index in [1.807, 2.05) is 30.1 Å². The number of hydrogen-bond acceptors (Lipinski definition) is 3. The fourth-order valence-corrected chi connectivity index (χ4v) is 1.86. The Morgan fingerprint density at radius 1 is 1.35 bits per heavy atom. The zero-order chi connectivity index (χ0) is 13.0. The summed E-state index contributed by atoms with van der Waals surface area (Å²) in [4.78, 5) is 15.1. The van der Waals surface area contributed by atoms with Gasteiger partial charge in [-0.1, -0.05) is 15.9 Å². The van der Waals surface area contributed by atoms with Crippen molar-refractivity contribution in [1.82, 2.24) is 4.90 Å². The molecule has 1 aromatic rings. The third-order valence-corrected chi connectivity index (χ3v) is 3.05. The third-order valence-electron chi connectivity index (χ3n) is 2.56. The fourth-order valence-electron chi connectivity index (χ4n) is 1.48. The Labute approximate surface area is 111 Å². The number of nitrogens with two attached hydrogens (primary N) is 1. The van der Waals surface area contributed by atoms with E-state index in [-0.39, 0.29) is 5.91 Å². The molecule has 5 heteroatoms. The molecule has 0 fully saturated rings. The van der Waals surface area contributed by atoms with E-state index < -0.39 is 0 Å². The van der Waals surface area contributed by atoms with Gasteiger partial charge in [-0.3, -0.25) is 4.79 Å². The second-order valence-electron chi connectivity index (χ2n) is 4.16. The van der Waals surface area contributed by atoms with Crippen LogP contribution in [0.3, 0.4) is 0 Å². The molecule has 0 bridgehead atoms. The molecule has 0 aliphatic carbocycles. The number of halogens is 1. The van der Waals surface area contributed by atoms with Crippen LogP contribution in [0.4, 0.5) is 11.4 Å². The van der Waals surface area contributed by atoms with Gasteiger partial charge >= 0.3 is 0 Å². The van der Waals surface area contributed by atoms with E-state index in [9.17, 15) is 4.79 Å². The van der Waals surface area contributed by atoms with Crippen molar-refractivity contribution in [3.8, 4) is 0 Å². The Morgan fingerprint density at radius 2 is 2.00 bits per heavy atom. The number of anilines is 2. The third kappa shape index (κ3) is 3.93. The van der Waals surface area contributed by atoms with Crippen molar-refractivity contribution in [3.63, 3.8) is 0 Å². The van der Waals surface area contributed by atoms with Gasteiger partial charge in [0.15, 0.2) is 0 Å². The summed E-state index contributed by atoms with van der Waals surface area (Å²) in [5, 5.41) is 0. The standard InChI is InChI=1S/C12H18BrN3O/c1-15(2)12(17)6-7-16(3)11-5-4-9(13)8-10(11)14/h4-5,8H,6-7,14H2,1-3H3. The maximum absolute atomic E-state index is 11.5. The van der Waals surface area contributed by atoms with Crippen molar-refractivity contribution in [2.45, 2.75) is 6.42 Å². The van der Waals surface area contributed by atoms with Crippen LogP contribution >= 0.6 is 15.9 Å². The van der Waals surface area contributed by atoms with Crippen molar-refractivity contribution in [3.05, 3.63) is 22.7 Å². The number of benzene rings is 1. The lowest BCUT2D eigenvalue weighted by Gasteiger charge is -2.21. The largest absolute Gasteiger partial charge is 0.397 e. The van der Waals surface area contributed by atoms with Gasteiger partial charge in [0, 0.05) is 38.6 Å². The van der Waals surface area contributed by atoms with Crippen molar-refractivity contribution < 1.29 is 4.79 Å². The van der Waals surface area contributed by atoms with Crippen LogP contribution in [-0.2, 0) is 4.79 Å². The normalized spacial score (nSPS) is 10.1. The fraction of sp³-hybridized carbons (Fsp3) is 0.417. The molecular formula is C12H18BrN3O. The van der Waals surface area contributed by atoms with E-state index in [0.29, 0.717) is 18.7 Å². The Bertz CT molecular complexity index is 407.